The molecule has 0 saturated carbocycles. The average Bonchev–Trinajstić information content (AvgIpc) is 2.58. The molecule has 2 aromatic rings. The molecule has 1 saturated heterocycles. The number of aromatic nitrogens is 2. The molecule has 1 N–H and O–H groups in total. The van der Waals surface area contributed by atoms with Crippen molar-refractivity contribution in [3.8, 4) is 0 Å². The quantitative estimate of drug-likeness (QED) is 0.801. The van der Waals surface area contributed by atoms with Gasteiger partial charge in [-0.15, -0.1) is 0 Å². The number of carbonyl (C=O) groups excluding carboxylic acids is 1. The van der Waals surface area contributed by atoms with Gasteiger partial charge in [0.25, 0.3) is 0 Å². The average molecular weight is 334 g/mol. The van der Waals surface area contributed by atoms with Gasteiger partial charge in [-0.1, -0.05) is 6.92 Å². The molecule has 1 aromatic heterocycles. The number of aromatic amines is 1. The molecule has 1 amide bonds. The Morgan fingerprint density at radius 3 is 2.58 bits per heavy atom. The molecule has 0 aliphatic carbocycles. The van der Waals surface area contributed by atoms with E-state index in [9.17, 15) is 18.8 Å². The van der Waals surface area contributed by atoms with E-state index in [4.69, 9.17) is 0 Å². The topological polar surface area (TPSA) is 78.4 Å². The zero-order chi connectivity index (χ0) is 17.3. The third-order valence-electron chi connectivity index (χ3n) is 4.40. The van der Waals surface area contributed by atoms with Gasteiger partial charge in [-0.3, -0.25) is 19.0 Å². The van der Waals surface area contributed by atoms with Crippen LogP contribution in [0.4, 0.5) is 4.39 Å². The fourth-order valence-corrected chi connectivity index (χ4v) is 2.96. The molecule has 2 heterocycles. The highest BCUT2D eigenvalue weighted by Gasteiger charge is 2.21. The van der Waals surface area contributed by atoms with Crippen molar-refractivity contribution in [1.29, 1.82) is 0 Å². The molecule has 0 radical (unpaired) electrons. The van der Waals surface area contributed by atoms with Gasteiger partial charge in [0.1, 0.15) is 12.4 Å². The number of halogens is 1. The maximum atomic E-state index is 13.3. The number of benzene rings is 1. The molecular formula is C16H19FN4O3. The Bertz CT molecular complexity index is 881. The minimum atomic E-state index is -0.864. The van der Waals surface area contributed by atoms with Gasteiger partial charge >= 0.3 is 11.1 Å². The van der Waals surface area contributed by atoms with Crippen LogP contribution >= 0.6 is 0 Å². The van der Waals surface area contributed by atoms with Crippen LogP contribution in [0.15, 0.2) is 27.8 Å². The number of nitrogens with one attached hydrogen (secondary N) is 1. The summed E-state index contributed by atoms with van der Waals surface area (Å²) in [7, 11) is 0. The SMILES string of the molecule is CCN1CCN(C(=O)Cn2c(=O)c(=O)[nH]c3cc(F)ccc32)CC1. The molecular weight excluding hydrogens is 315 g/mol. The highest BCUT2D eigenvalue weighted by Crippen LogP contribution is 2.11. The summed E-state index contributed by atoms with van der Waals surface area (Å²) in [4.78, 5) is 42.7. The zero-order valence-electron chi connectivity index (χ0n) is 13.4. The molecule has 0 spiro atoms. The first-order valence-corrected chi connectivity index (χ1v) is 7.92. The molecule has 1 aliphatic rings. The summed E-state index contributed by atoms with van der Waals surface area (Å²) in [5, 5.41) is 0. The van der Waals surface area contributed by atoms with Gasteiger partial charge in [-0.25, -0.2) is 4.39 Å². The number of hydrogen-bond acceptors (Lipinski definition) is 4. The van der Waals surface area contributed by atoms with Gasteiger partial charge in [0, 0.05) is 26.2 Å². The lowest BCUT2D eigenvalue weighted by Gasteiger charge is -2.34. The van der Waals surface area contributed by atoms with Crippen molar-refractivity contribution in [3.63, 3.8) is 0 Å². The Hall–Kier alpha value is -2.48. The van der Waals surface area contributed by atoms with Crippen LogP contribution in [-0.4, -0.2) is 58.0 Å². The molecule has 1 fully saturated rings. The number of amides is 1. The number of piperazine rings is 1. The van der Waals surface area contributed by atoms with E-state index in [1.54, 1.807) is 4.90 Å². The normalized spacial score (nSPS) is 15.8. The Labute approximate surface area is 137 Å². The van der Waals surface area contributed by atoms with E-state index in [0.717, 1.165) is 30.3 Å². The second kappa shape index (κ2) is 6.56. The van der Waals surface area contributed by atoms with Crippen molar-refractivity contribution in [1.82, 2.24) is 19.4 Å². The van der Waals surface area contributed by atoms with E-state index in [2.05, 4.69) is 16.8 Å². The number of hydrogen-bond donors (Lipinski definition) is 1. The summed E-state index contributed by atoms with van der Waals surface area (Å²) in [6.07, 6.45) is 0. The molecule has 7 nitrogen and oxygen atoms in total. The van der Waals surface area contributed by atoms with Crippen molar-refractivity contribution in [2.24, 2.45) is 0 Å². The fourth-order valence-electron chi connectivity index (χ4n) is 2.96. The molecule has 24 heavy (non-hydrogen) atoms. The Morgan fingerprint density at radius 1 is 1.21 bits per heavy atom. The lowest BCUT2D eigenvalue weighted by atomic mass is 10.2. The van der Waals surface area contributed by atoms with Crippen LogP contribution in [0.2, 0.25) is 0 Å². The van der Waals surface area contributed by atoms with Crippen molar-refractivity contribution in [2.75, 3.05) is 32.7 Å². The minimum Gasteiger partial charge on any atom is -0.339 e. The first-order chi connectivity index (χ1) is 11.5. The third-order valence-corrected chi connectivity index (χ3v) is 4.40. The van der Waals surface area contributed by atoms with Gasteiger partial charge in [0.15, 0.2) is 0 Å². The molecule has 1 aliphatic heterocycles. The summed E-state index contributed by atoms with van der Waals surface area (Å²) in [5.41, 5.74) is -1.14. The van der Waals surface area contributed by atoms with Crippen LogP contribution in [0.1, 0.15) is 6.92 Å². The predicted octanol–water partition coefficient (Wildman–Crippen LogP) is -0.00700. The largest absolute Gasteiger partial charge is 0.339 e. The van der Waals surface area contributed by atoms with E-state index >= 15 is 0 Å². The summed E-state index contributed by atoms with van der Waals surface area (Å²) in [6.45, 7) is 5.55. The number of fused-ring (bicyclic) bond motifs is 1. The van der Waals surface area contributed by atoms with E-state index in [1.807, 2.05) is 0 Å². The van der Waals surface area contributed by atoms with Gasteiger partial charge in [0.2, 0.25) is 5.91 Å². The highest BCUT2D eigenvalue weighted by atomic mass is 19.1. The molecule has 3 rings (SSSR count). The zero-order valence-corrected chi connectivity index (χ0v) is 13.4. The number of rotatable bonds is 3. The second-order valence-electron chi connectivity index (χ2n) is 5.82. The van der Waals surface area contributed by atoms with Crippen molar-refractivity contribution in [3.05, 3.63) is 44.7 Å². The molecule has 0 bridgehead atoms. The Balaban J connectivity index is 1.90. The minimum absolute atomic E-state index is 0.197. The van der Waals surface area contributed by atoms with Gasteiger partial charge in [-0.2, -0.15) is 0 Å². The van der Waals surface area contributed by atoms with Gasteiger partial charge in [-0.05, 0) is 24.7 Å². The Morgan fingerprint density at radius 2 is 1.92 bits per heavy atom. The van der Waals surface area contributed by atoms with E-state index < -0.39 is 16.9 Å². The van der Waals surface area contributed by atoms with Crippen LogP contribution < -0.4 is 11.1 Å². The standard InChI is InChI=1S/C16H19FN4O3/c1-2-19-5-7-20(8-6-19)14(22)10-21-13-4-3-11(17)9-12(13)18-15(23)16(21)24/h3-4,9H,2,5-8,10H2,1H3,(H,18,23). The number of H-pyrrole nitrogens is 1. The molecule has 128 valence electrons. The molecule has 0 atom stereocenters. The first kappa shape index (κ1) is 16.4. The molecule has 0 unspecified atom stereocenters. The van der Waals surface area contributed by atoms with E-state index in [1.165, 1.54) is 12.1 Å². The van der Waals surface area contributed by atoms with Crippen LogP contribution in [0.3, 0.4) is 0 Å². The summed E-state index contributed by atoms with van der Waals surface area (Å²) < 4.78 is 14.4. The third kappa shape index (κ3) is 3.09. The lowest BCUT2D eigenvalue weighted by molar-refractivity contribution is -0.133. The van der Waals surface area contributed by atoms with Crippen LogP contribution in [0, 0.1) is 5.82 Å². The number of carbonyl (C=O) groups is 1. The van der Waals surface area contributed by atoms with Crippen LogP contribution in [0.5, 0.6) is 0 Å². The summed E-state index contributed by atoms with van der Waals surface area (Å²) >= 11 is 0. The van der Waals surface area contributed by atoms with Crippen molar-refractivity contribution < 1.29 is 9.18 Å². The van der Waals surface area contributed by atoms with Gasteiger partial charge in [0.05, 0.1) is 11.0 Å². The smallest absolute Gasteiger partial charge is 0.317 e. The lowest BCUT2D eigenvalue weighted by Crippen LogP contribution is -2.50. The van der Waals surface area contributed by atoms with Gasteiger partial charge < -0.3 is 14.8 Å². The highest BCUT2D eigenvalue weighted by molar-refractivity contribution is 5.80. The number of nitrogens with zero attached hydrogens (tertiary/aromatic N) is 3. The molecule has 1 aromatic carbocycles. The number of likely N-dealkylation sites (N-methyl/N-ethyl adjacent to an activating group) is 1. The van der Waals surface area contributed by atoms with E-state index in [0.29, 0.717) is 18.6 Å². The predicted molar refractivity (Wildman–Crippen MR) is 87.5 cm³/mol. The maximum absolute atomic E-state index is 13.3. The second-order valence-corrected chi connectivity index (χ2v) is 5.82. The Kier molecular flexibility index (Phi) is 4.48. The molecule has 8 heteroatoms. The summed E-state index contributed by atoms with van der Waals surface area (Å²) in [5.74, 6) is -0.741. The summed E-state index contributed by atoms with van der Waals surface area (Å²) in [6, 6.07) is 3.72. The van der Waals surface area contributed by atoms with Crippen molar-refractivity contribution >= 4 is 16.9 Å². The maximum Gasteiger partial charge on any atom is 0.317 e. The first-order valence-electron chi connectivity index (χ1n) is 7.92. The van der Waals surface area contributed by atoms with Crippen LogP contribution in [0.25, 0.3) is 11.0 Å². The van der Waals surface area contributed by atoms with Crippen LogP contribution in [-0.2, 0) is 11.3 Å². The van der Waals surface area contributed by atoms with Crippen molar-refractivity contribution in [2.45, 2.75) is 13.5 Å². The fraction of sp³-hybridized carbons (Fsp3) is 0.438. The van der Waals surface area contributed by atoms with E-state index in [-0.39, 0.29) is 18.0 Å². The monoisotopic (exact) mass is 334 g/mol.